The average Bonchev–Trinajstić information content (AvgIpc) is 2.44. The van der Waals surface area contributed by atoms with Gasteiger partial charge in [-0.05, 0) is 19.1 Å². The van der Waals surface area contributed by atoms with E-state index < -0.39 is 0 Å². The maximum absolute atomic E-state index is 11.8. The molecule has 0 unspecified atom stereocenters. The van der Waals surface area contributed by atoms with Gasteiger partial charge in [0.1, 0.15) is 0 Å². The molecule has 1 N–H and O–H groups in total. The first-order valence-electron chi connectivity index (χ1n) is 6.16. The van der Waals surface area contributed by atoms with Crippen LogP contribution in [0, 0.1) is 0 Å². The lowest BCUT2D eigenvalue weighted by Gasteiger charge is -2.00. The number of rotatable bonds is 5. The molecule has 0 fully saturated rings. The molecule has 20 heavy (non-hydrogen) atoms. The van der Waals surface area contributed by atoms with Crippen LogP contribution in [0.4, 0.5) is 0 Å². The number of nitrogens with zero attached hydrogens (tertiary/aromatic N) is 1. The number of benzene rings is 1. The van der Waals surface area contributed by atoms with Gasteiger partial charge in [0.2, 0.25) is 0 Å². The largest absolute Gasteiger partial charge is 0.463 e. The molecule has 0 bridgehead atoms. The van der Waals surface area contributed by atoms with Crippen LogP contribution in [0.3, 0.4) is 0 Å². The summed E-state index contributed by atoms with van der Waals surface area (Å²) in [5, 5.41) is 1.10. The molecule has 1 aromatic carbocycles. The first-order valence-corrected chi connectivity index (χ1v) is 7.14. The maximum atomic E-state index is 11.8. The Morgan fingerprint density at radius 1 is 1.45 bits per heavy atom. The predicted octanol–water partition coefficient (Wildman–Crippen LogP) is 2.13. The Hall–Kier alpha value is -2.08. The number of thioether (sulfide) groups is 1. The SMILES string of the molecule is CCOC(=O)C=CCSc1nc2ccccc2c(=O)[nH]1. The van der Waals surface area contributed by atoms with Gasteiger partial charge in [-0.3, -0.25) is 4.79 Å². The van der Waals surface area contributed by atoms with Gasteiger partial charge in [-0.15, -0.1) is 0 Å². The fourth-order valence-corrected chi connectivity index (χ4v) is 2.27. The number of para-hydroxylation sites is 1. The molecule has 1 aromatic heterocycles. The van der Waals surface area contributed by atoms with Gasteiger partial charge in [-0.1, -0.05) is 30.0 Å². The first-order chi connectivity index (χ1) is 9.70. The molecular weight excluding hydrogens is 276 g/mol. The van der Waals surface area contributed by atoms with Crippen molar-refractivity contribution in [2.45, 2.75) is 12.1 Å². The molecule has 0 radical (unpaired) electrons. The molecule has 0 aliphatic rings. The van der Waals surface area contributed by atoms with Crippen molar-refractivity contribution in [1.82, 2.24) is 9.97 Å². The number of ether oxygens (including phenoxy) is 1. The summed E-state index contributed by atoms with van der Waals surface area (Å²) in [6.45, 7) is 2.11. The van der Waals surface area contributed by atoms with E-state index in [0.29, 0.717) is 28.4 Å². The molecule has 2 rings (SSSR count). The number of esters is 1. The highest BCUT2D eigenvalue weighted by molar-refractivity contribution is 7.99. The first kappa shape index (κ1) is 14.3. The van der Waals surface area contributed by atoms with E-state index in [0.717, 1.165) is 0 Å². The van der Waals surface area contributed by atoms with Crippen molar-refractivity contribution in [1.29, 1.82) is 0 Å². The summed E-state index contributed by atoms with van der Waals surface area (Å²) < 4.78 is 4.76. The summed E-state index contributed by atoms with van der Waals surface area (Å²) in [5.41, 5.74) is 0.501. The average molecular weight is 290 g/mol. The maximum Gasteiger partial charge on any atom is 0.330 e. The van der Waals surface area contributed by atoms with Gasteiger partial charge in [0.05, 0.1) is 17.5 Å². The second-order valence-electron chi connectivity index (χ2n) is 3.85. The molecule has 0 atom stereocenters. The van der Waals surface area contributed by atoms with Crippen LogP contribution in [-0.4, -0.2) is 28.3 Å². The molecule has 0 saturated carbocycles. The van der Waals surface area contributed by atoms with Gasteiger partial charge in [-0.25, -0.2) is 9.78 Å². The Labute approximate surface area is 120 Å². The Bertz CT molecular complexity index is 694. The summed E-state index contributed by atoms with van der Waals surface area (Å²) >= 11 is 1.35. The molecule has 0 saturated heterocycles. The van der Waals surface area contributed by atoms with E-state index in [4.69, 9.17) is 4.74 Å². The third-order valence-corrected chi connectivity index (χ3v) is 3.27. The number of carbonyl (C=O) groups is 1. The molecule has 2 aromatic rings. The van der Waals surface area contributed by atoms with Gasteiger partial charge in [0.25, 0.3) is 5.56 Å². The van der Waals surface area contributed by atoms with Crippen molar-refractivity contribution >= 4 is 28.6 Å². The van der Waals surface area contributed by atoms with Crippen LogP contribution in [0.15, 0.2) is 46.4 Å². The molecule has 6 heteroatoms. The number of hydrogen-bond donors (Lipinski definition) is 1. The van der Waals surface area contributed by atoms with Crippen LogP contribution >= 0.6 is 11.8 Å². The summed E-state index contributed by atoms with van der Waals surface area (Å²) in [6, 6.07) is 7.16. The van der Waals surface area contributed by atoms with Crippen molar-refractivity contribution in [2.75, 3.05) is 12.4 Å². The predicted molar refractivity (Wildman–Crippen MR) is 78.9 cm³/mol. The molecular formula is C14H14N2O3S. The number of hydrogen-bond acceptors (Lipinski definition) is 5. The Morgan fingerprint density at radius 2 is 2.25 bits per heavy atom. The highest BCUT2D eigenvalue weighted by Gasteiger charge is 2.02. The second-order valence-corrected chi connectivity index (χ2v) is 4.86. The molecule has 104 valence electrons. The standard InChI is InChI=1S/C14H14N2O3S/c1-2-19-12(17)8-5-9-20-14-15-11-7-4-3-6-10(11)13(18)16-14/h3-8H,2,9H2,1H3,(H,15,16,18). The van der Waals surface area contributed by atoms with Crippen molar-refractivity contribution < 1.29 is 9.53 Å². The van der Waals surface area contributed by atoms with Gasteiger partial charge in [-0.2, -0.15) is 0 Å². The van der Waals surface area contributed by atoms with Crippen molar-refractivity contribution in [3.63, 3.8) is 0 Å². The van der Waals surface area contributed by atoms with Crippen LogP contribution in [-0.2, 0) is 9.53 Å². The zero-order valence-corrected chi connectivity index (χ0v) is 11.8. The van der Waals surface area contributed by atoms with E-state index in [-0.39, 0.29) is 11.5 Å². The molecule has 0 amide bonds. The van der Waals surface area contributed by atoms with Crippen LogP contribution in [0.1, 0.15) is 6.92 Å². The summed E-state index contributed by atoms with van der Waals surface area (Å²) in [5.74, 6) is 0.160. The van der Waals surface area contributed by atoms with Crippen LogP contribution < -0.4 is 5.56 Å². The van der Waals surface area contributed by atoms with Gasteiger partial charge in [0, 0.05) is 11.8 Å². The molecule has 0 spiro atoms. The lowest BCUT2D eigenvalue weighted by molar-refractivity contribution is -0.137. The summed E-state index contributed by atoms with van der Waals surface area (Å²) in [7, 11) is 0. The van der Waals surface area contributed by atoms with E-state index in [1.807, 2.05) is 6.07 Å². The van der Waals surface area contributed by atoms with Gasteiger partial charge < -0.3 is 9.72 Å². The zero-order valence-electron chi connectivity index (χ0n) is 11.0. The minimum Gasteiger partial charge on any atom is -0.463 e. The number of aromatic nitrogens is 2. The Kier molecular flexibility index (Phi) is 4.95. The van der Waals surface area contributed by atoms with Crippen molar-refractivity contribution in [2.24, 2.45) is 0 Å². The van der Waals surface area contributed by atoms with Crippen molar-refractivity contribution in [3.05, 3.63) is 46.8 Å². The lowest BCUT2D eigenvalue weighted by atomic mass is 10.2. The Balaban J connectivity index is 2.04. The topological polar surface area (TPSA) is 72.0 Å². The lowest BCUT2D eigenvalue weighted by Crippen LogP contribution is -2.08. The number of fused-ring (bicyclic) bond motifs is 1. The van der Waals surface area contributed by atoms with E-state index in [9.17, 15) is 9.59 Å². The molecule has 0 aliphatic carbocycles. The minimum atomic E-state index is -0.368. The Morgan fingerprint density at radius 3 is 3.05 bits per heavy atom. The zero-order chi connectivity index (χ0) is 14.4. The van der Waals surface area contributed by atoms with Gasteiger partial charge >= 0.3 is 5.97 Å². The highest BCUT2D eigenvalue weighted by atomic mass is 32.2. The minimum absolute atomic E-state index is 0.160. The van der Waals surface area contributed by atoms with E-state index >= 15 is 0 Å². The molecule has 5 nitrogen and oxygen atoms in total. The second kappa shape index (κ2) is 6.91. The number of carbonyl (C=O) groups excluding carboxylic acids is 1. The van der Waals surface area contributed by atoms with E-state index in [2.05, 4.69) is 9.97 Å². The number of nitrogens with one attached hydrogen (secondary N) is 1. The smallest absolute Gasteiger partial charge is 0.330 e. The molecule has 1 heterocycles. The normalized spacial score (nSPS) is 11.1. The van der Waals surface area contributed by atoms with E-state index in [1.165, 1.54) is 17.8 Å². The highest BCUT2D eigenvalue weighted by Crippen LogP contribution is 2.14. The third kappa shape index (κ3) is 3.71. The summed E-state index contributed by atoms with van der Waals surface area (Å²) in [6.07, 6.45) is 3.05. The van der Waals surface area contributed by atoms with Crippen molar-refractivity contribution in [3.8, 4) is 0 Å². The van der Waals surface area contributed by atoms with Gasteiger partial charge in [0.15, 0.2) is 5.16 Å². The van der Waals surface area contributed by atoms with Crippen LogP contribution in [0.5, 0.6) is 0 Å². The molecule has 0 aliphatic heterocycles. The third-order valence-electron chi connectivity index (χ3n) is 2.45. The monoisotopic (exact) mass is 290 g/mol. The number of H-pyrrole nitrogens is 1. The fourth-order valence-electron chi connectivity index (χ4n) is 1.60. The number of aromatic amines is 1. The van der Waals surface area contributed by atoms with Crippen LogP contribution in [0.2, 0.25) is 0 Å². The van der Waals surface area contributed by atoms with Crippen LogP contribution in [0.25, 0.3) is 10.9 Å². The summed E-state index contributed by atoms with van der Waals surface area (Å²) in [4.78, 5) is 30.0. The fraction of sp³-hybridized carbons (Fsp3) is 0.214. The van der Waals surface area contributed by atoms with E-state index in [1.54, 1.807) is 31.2 Å². The quantitative estimate of drug-likeness (QED) is 0.395.